The van der Waals surface area contributed by atoms with Crippen molar-refractivity contribution < 1.29 is 0 Å². The van der Waals surface area contributed by atoms with Crippen molar-refractivity contribution >= 4 is 34.8 Å². The maximum absolute atomic E-state index is 5.91. The minimum Gasteiger partial charge on any atom is -0.220 e. The monoisotopic (exact) mass is 238 g/mol. The Bertz CT molecular complexity index is 289. The Kier molecular flexibility index (Phi) is 3.77. The van der Waals surface area contributed by atoms with Gasteiger partial charge in [0.15, 0.2) is 0 Å². The van der Waals surface area contributed by atoms with Gasteiger partial charge in [0.05, 0.1) is 5.88 Å². The molecule has 0 atom stereocenters. The summed E-state index contributed by atoms with van der Waals surface area (Å²) in [6, 6.07) is 0. The van der Waals surface area contributed by atoms with Gasteiger partial charge in [-0.05, 0) is 5.92 Å². The van der Waals surface area contributed by atoms with Crippen LogP contribution in [-0.4, -0.2) is 9.97 Å². The number of alkyl halides is 1. The molecule has 1 heterocycles. The summed E-state index contributed by atoms with van der Waals surface area (Å²) in [7, 11) is 0. The standard InChI is InChI=1S/C8H9Cl3N2/c1-4(2)6-7(10)12-5(3-9)13-8(6)11/h4H,3H2,1-2H3. The van der Waals surface area contributed by atoms with Crippen molar-refractivity contribution in [2.24, 2.45) is 0 Å². The molecule has 0 spiro atoms. The molecule has 2 nitrogen and oxygen atoms in total. The number of rotatable bonds is 2. The molecule has 0 aliphatic heterocycles. The van der Waals surface area contributed by atoms with E-state index < -0.39 is 0 Å². The molecule has 13 heavy (non-hydrogen) atoms. The van der Waals surface area contributed by atoms with Crippen molar-refractivity contribution in [2.45, 2.75) is 25.6 Å². The minimum absolute atomic E-state index is 0.212. The first-order valence-corrected chi connectivity index (χ1v) is 5.13. The van der Waals surface area contributed by atoms with Gasteiger partial charge >= 0.3 is 0 Å². The van der Waals surface area contributed by atoms with E-state index in [1.165, 1.54) is 0 Å². The van der Waals surface area contributed by atoms with Crippen LogP contribution in [-0.2, 0) is 5.88 Å². The maximum atomic E-state index is 5.91. The van der Waals surface area contributed by atoms with E-state index in [9.17, 15) is 0 Å². The van der Waals surface area contributed by atoms with Gasteiger partial charge in [0.2, 0.25) is 0 Å². The Labute approximate surface area is 92.2 Å². The van der Waals surface area contributed by atoms with Crippen LogP contribution < -0.4 is 0 Å². The molecule has 5 heteroatoms. The first-order chi connectivity index (χ1) is 6.06. The Morgan fingerprint density at radius 3 is 1.92 bits per heavy atom. The molecule has 1 aromatic heterocycles. The largest absolute Gasteiger partial charge is 0.220 e. The topological polar surface area (TPSA) is 25.8 Å². The first-order valence-electron chi connectivity index (χ1n) is 3.84. The number of hydrogen-bond donors (Lipinski definition) is 0. The predicted molar refractivity (Wildman–Crippen MR) is 55.7 cm³/mol. The highest BCUT2D eigenvalue weighted by atomic mass is 35.5. The van der Waals surface area contributed by atoms with Crippen LogP contribution in [0.2, 0.25) is 10.3 Å². The molecule has 0 radical (unpaired) electrons. The number of nitrogens with zero attached hydrogens (tertiary/aromatic N) is 2. The lowest BCUT2D eigenvalue weighted by atomic mass is 10.1. The van der Waals surface area contributed by atoms with Gasteiger partial charge in [0, 0.05) is 5.56 Å². The van der Waals surface area contributed by atoms with Gasteiger partial charge in [-0.15, -0.1) is 11.6 Å². The van der Waals surface area contributed by atoms with Crippen LogP contribution in [0.1, 0.15) is 31.2 Å². The fourth-order valence-corrected chi connectivity index (χ4v) is 1.97. The number of hydrogen-bond acceptors (Lipinski definition) is 2. The van der Waals surface area contributed by atoms with Gasteiger partial charge < -0.3 is 0 Å². The first kappa shape index (κ1) is 11.0. The van der Waals surface area contributed by atoms with Crippen LogP contribution in [0.3, 0.4) is 0 Å². The second kappa shape index (κ2) is 4.45. The van der Waals surface area contributed by atoms with Crippen LogP contribution in [0.4, 0.5) is 0 Å². The molecular formula is C8H9Cl3N2. The fraction of sp³-hybridized carbons (Fsp3) is 0.500. The summed E-state index contributed by atoms with van der Waals surface area (Å²) >= 11 is 17.4. The molecule has 0 amide bonds. The van der Waals surface area contributed by atoms with E-state index in [-0.39, 0.29) is 11.8 Å². The van der Waals surface area contributed by atoms with E-state index in [0.29, 0.717) is 16.1 Å². The molecule has 1 aromatic rings. The van der Waals surface area contributed by atoms with Gasteiger partial charge in [-0.2, -0.15) is 0 Å². The third kappa shape index (κ3) is 2.46. The van der Waals surface area contributed by atoms with Crippen LogP contribution in [0, 0.1) is 0 Å². The predicted octanol–water partition coefficient (Wildman–Crippen LogP) is 3.65. The average molecular weight is 240 g/mol. The summed E-state index contributed by atoms with van der Waals surface area (Å²) in [5.41, 5.74) is 0.775. The van der Waals surface area contributed by atoms with Gasteiger partial charge in [-0.3, -0.25) is 0 Å². The summed E-state index contributed by atoms with van der Waals surface area (Å²) in [4.78, 5) is 8.02. The molecule has 72 valence electrons. The van der Waals surface area contributed by atoms with Gasteiger partial charge in [0.1, 0.15) is 16.1 Å². The summed E-state index contributed by atoms with van der Waals surface area (Å²) in [6.45, 7) is 3.97. The van der Waals surface area contributed by atoms with Crippen molar-refractivity contribution in [3.05, 3.63) is 21.7 Å². The maximum Gasteiger partial charge on any atom is 0.146 e. The van der Waals surface area contributed by atoms with Crippen molar-refractivity contribution in [3.8, 4) is 0 Å². The van der Waals surface area contributed by atoms with Crippen LogP contribution in [0.15, 0.2) is 0 Å². The van der Waals surface area contributed by atoms with Crippen molar-refractivity contribution in [1.82, 2.24) is 9.97 Å². The molecule has 0 aliphatic carbocycles. The van der Waals surface area contributed by atoms with E-state index in [1.807, 2.05) is 13.8 Å². The lowest BCUT2D eigenvalue weighted by Gasteiger charge is -2.09. The SMILES string of the molecule is CC(C)c1c(Cl)nc(CCl)nc1Cl. The van der Waals surface area contributed by atoms with Crippen molar-refractivity contribution in [1.29, 1.82) is 0 Å². The summed E-state index contributed by atoms with van der Waals surface area (Å²) in [5.74, 6) is 0.892. The zero-order valence-corrected chi connectivity index (χ0v) is 9.58. The summed E-state index contributed by atoms with van der Waals surface area (Å²) in [6.07, 6.45) is 0. The average Bonchev–Trinajstić information content (AvgIpc) is 2.02. The molecule has 0 aromatic carbocycles. The number of halogens is 3. The molecule has 0 N–H and O–H groups in total. The smallest absolute Gasteiger partial charge is 0.146 e. The quantitative estimate of drug-likeness (QED) is 0.582. The molecule has 0 aliphatic rings. The fourth-order valence-electron chi connectivity index (χ4n) is 0.993. The Balaban J connectivity index is 3.23. The van der Waals surface area contributed by atoms with Gasteiger partial charge in [0.25, 0.3) is 0 Å². The second-order valence-corrected chi connectivity index (χ2v) is 3.91. The Morgan fingerprint density at radius 1 is 1.15 bits per heavy atom. The Morgan fingerprint density at radius 2 is 1.62 bits per heavy atom. The van der Waals surface area contributed by atoms with E-state index in [4.69, 9.17) is 34.8 Å². The summed E-state index contributed by atoms with van der Waals surface area (Å²) in [5, 5.41) is 0.788. The number of aromatic nitrogens is 2. The molecule has 0 bridgehead atoms. The second-order valence-electron chi connectivity index (χ2n) is 2.92. The highest BCUT2D eigenvalue weighted by Gasteiger charge is 2.13. The van der Waals surface area contributed by atoms with Crippen LogP contribution in [0.5, 0.6) is 0 Å². The van der Waals surface area contributed by atoms with Gasteiger partial charge in [-0.25, -0.2) is 9.97 Å². The van der Waals surface area contributed by atoms with Crippen molar-refractivity contribution in [3.63, 3.8) is 0 Å². The lowest BCUT2D eigenvalue weighted by molar-refractivity contribution is 0.836. The molecule has 1 rings (SSSR count). The van der Waals surface area contributed by atoms with E-state index >= 15 is 0 Å². The normalized spacial score (nSPS) is 10.9. The zero-order valence-electron chi connectivity index (χ0n) is 7.31. The highest BCUT2D eigenvalue weighted by Crippen LogP contribution is 2.28. The zero-order chi connectivity index (χ0) is 10.0. The minimum atomic E-state index is 0.212. The molecule has 0 saturated heterocycles. The molecule has 0 saturated carbocycles. The van der Waals surface area contributed by atoms with E-state index in [0.717, 1.165) is 5.56 Å². The van der Waals surface area contributed by atoms with Gasteiger partial charge in [-0.1, -0.05) is 37.0 Å². The van der Waals surface area contributed by atoms with Crippen LogP contribution in [0.25, 0.3) is 0 Å². The lowest BCUT2D eigenvalue weighted by Crippen LogP contribution is -2.00. The molecule has 0 unspecified atom stereocenters. The highest BCUT2D eigenvalue weighted by molar-refractivity contribution is 6.34. The van der Waals surface area contributed by atoms with Crippen LogP contribution >= 0.6 is 34.8 Å². The molecular weight excluding hydrogens is 230 g/mol. The summed E-state index contributed by atoms with van der Waals surface area (Å²) < 4.78 is 0. The van der Waals surface area contributed by atoms with E-state index in [2.05, 4.69) is 9.97 Å². The third-order valence-electron chi connectivity index (χ3n) is 1.60. The Hall–Kier alpha value is -0.0500. The van der Waals surface area contributed by atoms with E-state index in [1.54, 1.807) is 0 Å². The third-order valence-corrected chi connectivity index (χ3v) is 2.41. The van der Waals surface area contributed by atoms with Crippen molar-refractivity contribution in [2.75, 3.05) is 0 Å². The molecule has 0 fully saturated rings.